The third kappa shape index (κ3) is 1.98. The Kier molecular flexibility index (Phi) is 3.35. The van der Waals surface area contributed by atoms with E-state index in [1.54, 1.807) is 0 Å². The van der Waals surface area contributed by atoms with E-state index in [9.17, 15) is 9.50 Å². The van der Waals surface area contributed by atoms with Gasteiger partial charge >= 0.3 is 0 Å². The Morgan fingerprint density at radius 2 is 2.33 bits per heavy atom. The highest BCUT2D eigenvalue weighted by atomic mass is 35.5. The lowest BCUT2D eigenvalue weighted by Gasteiger charge is -2.08. The molecule has 0 unspecified atom stereocenters. The Hall–Kier alpha value is -1.86. The minimum atomic E-state index is -0.987. The van der Waals surface area contributed by atoms with Gasteiger partial charge in [-0.05, 0) is 6.07 Å². The van der Waals surface area contributed by atoms with Gasteiger partial charge in [-0.3, -0.25) is 0 Å². The molecule has 0 fully saturated rings. The van der Waals surface area contributed by atoms with Crippen LogP contribution in [-0.2, 0) is 6.54 Å². The highest BCUT2D eigenvalue weighted by Crippen LogP contribution is 2.40. The molecule has 2 rings (SSSR count). The van der Waals surface area contributed by atoms with Gasteiger partial charge in [-0.2, -0.15) is 9.37 Å². The van der Waals surface area contributed by atoms with E-state index in [4.69, 9.17) is 26.6 Å². The minimum absolute atomic E-state index is 0.0591. The molecule has 0 amide bonds. The molecule has 0 bridgehead atoms. The van der Waals surface area contributed by atoms with Crippen molar-refractivity contribution in [1.82, 2.24) is 10.1 Å². The van der Waals surface area contributed by atoms with E-state index in [2.05, 4.69) is 10.1 Å². The van der Waals surface area contributed by atoms with Crippen molar-refractivity contribution in [1.29, 1.82) is 0 Å². The molecule has 0 saturated carbocycles. The summed E-state index contributed by atoms with van der Waals surface area (Å²) < 4.78 is 23.4. The summed E-state index contributed by atoms with van der Waals surface area (Å²) in [4.78, 5) is 3.93. The third-order valence-corrected chi connectivity index (χ3v) is 2.53. The molecule has 6 nitrogen and oxygen atoms in total. The lowest BCUT2D eigenvalue weighted by Crippen LogP contribution is -1.97. The highest BCUT2D eigenvalue weighted by molar-refractivity contribution is 6.32. The number of hydrogen-bond acceptors (Lipinski definition) is 6. The number of methoxy groups -OCH3 is 1. The number of halogens is 2. The summed E-state index contributed by atoms with van der Waals surface area (Å²) in [6.45, 7) is 0.0591. The van der Waals surface area contributed by atoms with Crippen LogP contribution in [-0.4, -0.2) is 22.4 Å². The van der Waals surface area contributed by atoms with Gasteiger partial charge in [0.2, 0.25) is 17.5 Å². The smallest absolute Gasteiger partial charge is 0.240 e. The van der Waals surface area contributed by atoms with Crippen molar-refractivity contribution in [3.05, 3.63) is 22.8 Å². The van der Waals surface area contributed by atoms with Gasteiger partial charge in [0.25, 0.3) is 0 Å². The van der Waals surface area contributed by atoms with Crippen molar-refractivity contribution in [2.45, 2.75) is 6.54 Å². The van der Waals surface area contributed by atoms with Crippen LogP contribution in [0.15, 0.2) is 10.6 Å². The van der Waals surface area contributed by atoms with E-state index in [1.165, 1.54) is 13.2 Å². The fraction of sp³-hybridized carbons (Fsp3) is 0.200. The maximum atomic E-state index is 13.7. The number of aromatic hydroxyl groups is 1. The predicted octanol–water partition coefficient (Wildman–Crippen LogP) is 1.70. The topological polar surface area (TPSA) is 94.4 Å². The molecule has 0 aliphatic rings. The molecule has 3 N–H and O–H groups in total. The largest absolute Gasteiger partial charge is 0.504 e. The maximum absolute atomic E-state index is 13.7. The average molecular weight is 274 g/mol. The average Bonchev–Trinajstić information content (AvgIpc) is 2.84. The van der Waals surface area contributed by atoms with Gasteiger partial charge in [0.05, 0.1) is 24.2 Å². The van der Waals surface area contributed by atoms with Gasteiger partial charge in [0.15, 0.2) is 11.5 Å². The van der Waals surface area contributed by atoms with Crippen LogP contribution in [0.4, 0.5) is 4.39 Å². The predicted molar refractivity (Wildman–Crippen MR) is 60.8 cm³/mol. The summed E-state index contributed by atoms with van der Waals surface area (Å²) in [5, 5.41) is 12.8. The van der Waals surface area contributed by atoms with E-state index < -0.39 is 11.6 Å². The first kappa shape index (κ1) is 12.6. The molecule has 0 saturated heterocycles. The van der Waals surface area contributed by atoms with Crippen LogP contribution in [0.5, 0.6) is 11.5 Å². The molecule has 1 heterocycles. The van der Waals surface area contributed by atoms with Crippen LogP contribution < -0.4 is 10.5 Å². The first-order chi connectivity index (χ1) is 8.58. The van der Waals surface area contributed by atoms with Crippen LogP contribution in [0.3, 0.4) is 0 Å². The Morgan fingerprint density at radius 1 is 1.61 bits per heavy atom. The van der Waals surface area contributed by atoms with E-state index >= 15 is 0 Å². The fourth-order valence-corrected chi connectivity index (χ4v) is 1.60. The molecule has 8 heteroatoms. The van der Waals surface area contributed by atoms with E-state index in [0.29, 0.717) is 0 Å². The zero-order valence-corrected chi connectivity index (χ0v) is 10.0. The molecule has 0 aliphatic heterocycles. The van der Waals surface area contributed by atoms with Gasteiger partial charge in [0.1, 0.15) is 0 Å². The van der Waals surface area contributed by atoms with Crippen LogP contribution in [0, 0.1) is 5.82 Å². The first-order valence-electron chi connectivity index (χ1n) is 4.86. The number of aromatic nitrogens is 2. The van der Waals surface area contributed by atoms with Crippen LogP contribution in [0.2, 0.25) is 5.02 Å². The van der Waals surface area contributed by atoms with Gasteiger partial charge < -0.3 is 20.1 Å². The molecule has 1 aromatic heterocycles. The Bertz CT molecular complexity index is 588. The SMILES string of the molecule is COc1c(-c2noc(CN)n2)cc(Cl)c(O)c1F. The number of nitrogens with zero attached hydrogens (tertiary/aromatic N) is 2. The molecule has 0 aliphatic carbocycles. The molecular formula is C10H9ClFN3O3. The second-order valence-corrected chi connectivity index (χ2v) is 3.72. The summed E-state index contributed by atoms with van der Waals surface area (Å²) in [6, 6.07) is 1.28. The van der Waals surface area contributed by atoms with Gasteiger partial charge in [-0.25, -0.2) is 0 Å². The van der Waals surface area contributed by atoms with Crippen LogP contribution in [0.1, 0.15) is 5.89 Å². The van der Waals surface area contributed by atoms with Crippen molar-refractivity contribution in [2.24, 2.45) is 5.73 Å². The number of phenolic OH excluding ortho intramolecular Hbond substituents is 1. The van der Waals surface area contributed by atoms with Crippen molar-refractivity contribution in [3.63, 3.8) is 0 Å². The summed E-state index contributed by atoms with van der Waals surface area (Å²) in [5.41, 5.74) is 5.50. The Morgan fingerprint density at radius 3 is 2.89 bits per heavy atom. The standard InChI is InChI=1S/C10H9ClFN3O3/c1-17-9-4(2-5(11)8(16)7(9)12)10-14-6(3-13)18-15-10/h2,16H,3,13H2,1H3. The van der Waals surface area contributed by atoms with Gasteiger partial charge in [0, 0.05) is 0 Å². The van der Waals surface area contributed by atoms with Crippen LogP contribution in [0.25, 0.3) is 11.4 Å². The van der Waals surface area contributed by atoms with E-state index in [-0.39, 0.29) is 34.6 Å². The summed E-state index contributed by atoms with van der Waals surface area (Å²) in [7, 11) is 1.25. The second-order valence-electron chi connectivity index (χ2n) is 3.32. The minimum Gasteiger partial charge on any atom is -0.504 e. The van der Waals surface area contributed by atoms with Crippen molar-refractivity contribution in [2.75, 3.05) is 7.11 Å². The van der Waals surface area contributed by atoms with E-state index in [0.717, 1.165) is 0 Å². The number of hydrogen-bond donors (Lipinski definition) is 2. The monoisotopic (exact) mass is 273 g/mol. The first-order valence-corrected chi connectivity index (χ1v) is 5.24. The molecule has 0 atom stereocenters. The second kappa shape index (κ2) is 4.79. The Labute approximate surface area is 106 Å². The van der Waals surface area contributed by atoms with Crippen molar-refractivity contribution in [3.8, 4) is 22.9 Å². The van der Waals surface area contributed by atoms with Crippen molar-refractivity contribution >= 4 is 11.6 Å². The van der Waals surface area contributed by atoms with Gasteiger partial charge in [-0.15, -0.1) is 0 Å². The number of ether oxygens (including phenoxy) is 1. The normalized spacial score (nSPS) is 10.7. The van der Waals surface area contributed by atoms with E-state index in [1.807, 2.05) is 0 Å². The Balaban J connectivity index is 2.63. The molecule has 18 heavy (non-hydrogen) atoms. The molecule has 2 aromatic rings. The third-order valence-electron chi connectivity index (χ3n) is 2.24. The zero-order valence-electron chi connectivity index (χ0n) is 9.28. The number of phenols is 1. The lowest BCUT2D eigenvalue weighted by atomic mass is 10.1. The zero-order chi connectivity index (χ0) is 13.3. The van der Waals surface area contributed by atoms with Gasteiger partial charge in [-0.1, -0.05) is 16.8 Å². The lowest BCUT2D eigenvalue weighted by molar-refractivity contribution is 0.364. The summed E-state index contributed by atoms with van der Waals surface area (Å²) >= 11 is 5.68. The fourth-order valence-electron chi connectivity index (χ4n) is 1.40. The molecule has 96 valence electrons. The molecule has 0 spiro atoms. The maximum Gasteiger partial charge on any atom is 0.240 e. The molecular weight excluding hydrogens is 265 g/mol. The van der Waals surface area contributed by atoms with Crippen LogP contribution >= 0.6 is 11.6 Å². The molecule has 0 radical (unpaired) electrons. The number of benzene rings is 1. The summed E-state index contributed by atoms with van der Waals surface area (Å²) in [5.74, 6) is -1.63. The number of nitrogens with two attached hydrogens (primary N) is 1. The number of rotatable bonds is 3. The highest BCUT2D eigenvalue weighted by Gasteiger charge is 2.22. The summed E-state index contributed by atoms with van der Waals surface area (Å²) in [6.07, 6.45) is 0. The quantitative estimate of drug-likeness (QED) is 0.884. The molecule has 1 aromatic carbocycles. The van der Waals surface area contributed by atoms with Crippen molar-refractivity contribution < 1.29 is 18.8 Å².